The number of hydrogen-bond donors (Lipinski definition) is 1. The Morgan fingerprint density at radius 2 is 2.07 bits per heavy atom. The molecule has 142 valence electrons. The molecule has 3 heterocycles. The third-order valence-corrected chi connectivity index (χ3v) is 6.70. The van der Waals surface area contributed by atoms with Crippen LogP contribution in [0.25, 0.3) is 0 Å². The number of aromatic nitrogens is 1. The summed E-state index contributed by atoms with van der Waals surface area (Å²) in [6.07, 6.45) is 7.63. The van der Waals surface area contributed by atoms with Crippen molar-refractivity contribution in [3.63, 3.8) is 0 Å². The van der Waals surface area contributed by atoms with E-state index in [9.17, 15) is 9.59 Å². The van der Waals surface area contributed by atoms with Gasteiger partial charge in [0, 0.05) is 30.1 Å². The molecular formula is C21H25N3O2S. The van der Waals surface area contributed by atoms with Crippen LogP contribution in [-0.2, 0) is 24.2 Å². The Balaban J connectivity index is 1.37. The summed E-state index contributed by atoms with van der Waals surface area (Å²) >= 11 is 1.63. The van der Waals surface area contributed by atoms with Gasteiger partial charge in [0.2, 0.25) is 5.91 Å². The zero-order valence-corrected chi connectivity index (χ0v) is 16.3. The maximum atomic E-state index is 12.7. The van der Waals surface area contributed by atoms with E-state index in [1.807, 2.05) is 29.2 Å². The molecule has 2 aromatic heterocycles. The van der Waals surface area contributed by atoms with Crippen LogP contribution >= 0.6 is 11.3 Å². The first-order valence-electron chi connectivity index (χ1n) is 9.79. The van der Waals surface area contributed by atoms with Crippen molar-refractivity contribution in [3.8, 4) is 0 Å². The molecule has 1 atom stereocenters. The number of carbonyl (C=O) groups excluding carboxylic acids is 2. The molecule has 1 aliphatic carbocycles. The summed E-state index contributed by atoms with van der Waals surface area (Å²) in [5.41, 5.74) is 2.05. The molecule has 0 aromatic carbocycles. The van der Waals surface area contributed by atoms with E-state index in [2.05, 4.69) is 10.3 Å². The molecular weight excluding hydrogens is 358 g/mol. The minimum absolute atomic E-state index is 0.0197. The lowest BCUT2D eigenvalue weighted by molar-refractivity contribution is -0.125. The first kappa shape index (κ1) is 18.2. The highest BCUT2D eigenvalue weighted by molar-refractivity contribution is 7.14. The number of nitrogens with zero attached hydrogens (tertiary/aromatic N) is 2. The molecule has 27 heavy (non-hydrogen) atoms. The van der Waals surface area contributed by atoms with Crippen LogP contribution in [0.2, 0.25) is 0 Å². The highest BCUT2D eigenvalue weighted by Crippen LogP contribution is 2.33. The summed E-state index contributed by atoms with van der Waals surface area (Å²) in [7, 11) is 0. The standard InChI is InChI=1S/C21H25N3O2S/c25-20(23-14-17-6-2-3-9-22-17)15-7-8-18-16(12-15)13-19(27-18)21(26)24-10-4-1-5-11-24/h2-3,6,9,13,15H,1,4-5,7-8,10-12,14H2,(H,23,25)/t15-/m1/s1. The average Bonchev–Trinajstić information content (AvgIpc) is 3.16. The first-order chi connectivity index (χ1) is 13.2. The van der Waals surface area contributed by atoms with Gasteiger partial charge in [0.05, 0.1) is 17.1 Å². The van der Waals surface area contributed by atoms with E-state index in [0.717, 1.165) is 55.8 Å². The summed E-state index contributed by atoms with van der Waals surface area (Å²) in [4.78, 5) is 33.7. The Morgan fingerprint density at radius 1 is 1.22 bits per heavy atom. The van der Waals surface area contributed by atoms with Gasteiger partial charge in [-0.2, -0.15) is 0 Å². The molecule has 2 aromatic rings. The normalized spacial score (nSPS) is 19.4. The molecule has 2 amide bonds. The molecule has 1 saturated heterocycles. The van der Waals surface area contributed by atoms with Crippen molar-refractivity contribution in [1.29, 1.82) is 0 Å². The molecule has 6 heteroatoms. The number of piperidine rings is 1. The molecule has 1 N–H and O–H groups in total. The minimum atomic E-state index is -0.0197. The fourth-order valence-corrected chi connectivity index (χ4v) is 5.11. The topological polar surface area (TPSA) is 62.3 Å². The van der Waals surface area contributed by atoms with Gasteiger partial charge in [0.1, 0.15) is 0 Å². The summed E-state index contributed by atoms with van der Waals surface area (Å²) in [6, 6.07) is 7.74. The maximum absolute atomic E-state index is 12.7. The number of carbonyl (C=O) groups is 2. The summed E-state index contributed by atoms with van der Waals surface area (Å²) in [6.45, 7) is 2.21. The number of pyridine rings is 1. The van der Waals surface area contributed by atoms with E-state index >= 15 is 0 Å². The summed E-state index contributed by atoms with van der Waals surface area (Å²) in [5.74, 6) is 0.236. The monoisotopic (exact) mass is 383 g/mol. The second-order valence-corrected chi connectivity index (χ2v) is 8.53. The predicted octanol–water partition coefficient (Wildman–Crippen LogP) is 3.19. The molecule has 0 unspecified atom stereocenters. The molecule has 1 aliphatic heterocycles. The van der Waals surface area contributed by atoms with Crippen LogP contribution in [-0.4, -0.2) is 34.8 Å². The van der Waals surface area contributed by atoms with Crippen molar-refractivity contribution in [2.45, 2.75) is 45.1 Å². The average molecular weight is 384 g/mol. The van der Waals surface area contributed by atoms with Crippen LogP contribution in [0.4, 0.5) is 0 Å². The van der Waals surface area contributed by atoms with Gasteiger partial charge in [-0.15, -0.1) is 11.3 Å². The molecule has 1 fully saturated rings. The van der Waals surface area contributed by atoms with E-state index in [0.29, 0.717) is 6.54 Å². The number of nitrogens with one attached hydrogen (secondary N) is 1. The number of amides is 2. The van der Waals surface area contributed by atoms with E-state index < -0.39 is 0 Å². The minimum Gasteiger partial charge on any atom is -0.350 e. The Hall–Kier alpha value is -2.21. The highest BCUT2D eigenvalue weighted by atomic mass is 32.1. The highest BCUT2D eigenvalue weighted by Gasteiger charge is 2.28. The van der Waals surface area contributed by atoms with Gasteiger partial charge in [0.15, 0.2) is 0 Å². The zero-order valence-electron chi connectivity index (χ0n) is 15.4. The van der Waals surface area contributed by atoms with Crippen LogP contribution < -0.4 is 5.32 Å². The van der Waals surface area contributed by atoms with Crippen molar-refractivity contribution in [2.75, 3.05) is 13.1 Å². The quantitative estimate of drug-likeness (QED) is 0.882. The summed E-state index contributed by atoms with van der Waals surface area (Å²) < 4.78 is 0. The van der Waals surface area contributed by atoms with Crippen molar-refractivity contribution in [2.24, 2.45) is 5.92 Å². The van der Waals surface area contributed by atoms with Gasteiger partial charge in [0.25, 0.3) is 5.91 Å². The van der Waals surface area contributed by atoms with Crippen LogP contribution in [0.15, 0.2) is 30.5 Å². The fourth-order valence-electron chi connectivity index (χ4n) is 3.93. The Labute approximate surface area is 163 Å². The van der Waals surface area contributed by atoms with Gasteiger partial charge in [-0.3, -0.25) is 14.6 Å². The molecule has 0 radical (unpaired) electrons. The molecule has 2 aliphatic rings. The molecule has 0 saturated carbocycles. The molecule has 0 bridgehead atoms. The SMILES string of the molecule is O=C(NCc1ccccn1)[C@@H]1CCc2sc(C(=O)N3CCCCC3)cc2C1. The lowest BCUT2D eigenvalue weighted by Crippen LogP contribution is -2.35. The predicted molar refractivity (Wildman–Crippen MR) is 106 cm³/mol. The van der Waals surface area contributed by atoms with Crippen LogP contribution in [0.5, 0.6) is 0 Å². The molecule has 4 rings (SSSR count). The van der Waals surface area contributed by atoms with Crippen LogP contribution in [0.1, 0.15) is 51.5 Å². The van der Waals surface area contributed by atoms with Crippen molar-refractivity contribution in [1.82, 2.24) is 15.2 Å². The smallest absolute Gasteiger partial charge is 0.263 e. The number of rotatable bonds is 4. The van der Waals surface area contributed by atoms with Crippen LogP contribution in [0, 0.1) is 5.92 Å². The lowest BCUT2D eigenvalue weighted by atomic mass is 9.87. The number of aryl methyl sites for hydroxylation is 1. The van der Waals surface area contributed by atoms with Gasteiger partial charge >= 0.3 is 0 Å². The maximum Gasteiger partial charge on any atom is 0.263 e. The van der Waals surface area contributed by atoms with E-state index in [4.69, 9.17) is 0 Å². The molecule has 5 nitrogen and oxygen atoms in total. The lowest BCUT2D eigenvalue weighted by Gasteiger charge is -2.26. The number of fused-ring (bicyclic) bond motifs is 1. The fraction of sp³-hybridized carbons (Fsp3) is 0.476. The Kier molecular flexibility index (Phi) is 5.53. The third kappa shape index (κ3) is 4.21. The van der Waals surface area contributed by atoms with Gasteiger partial charge in [-0.25, -0.2) is 0 Å². The molecule has 0 spiro atoms. The third-order valence-electron chi connectivity index (χ3n) is 5.48. The van der Waals surface area contributed by atoms with Crippen molar-refractivity contribution < 1.29 is 9.59 Å². The Morgan fingerprint density at radius 3 is 2.85 bits per heavy atom. The van der Waals surface area contributed by atoms with Gasteiger partial charge < -0.3 is 10.2 Å². The van der Waals surface area contributed by atoms with Crippen LogP contribution in [0.3, 0.4) is 0 Å². The van der Waals surface area contributed by atoms with E-state index in [1.165, 1.54) is 16.9 Å². The summed E-state index contributed by atoms with van der Waals surface area (Å²) in [5, 5.41) is 3.01. The number of hydrogen-bond acceptors (Lipinski definition) is 4. The second-order valence-electron chi connectivity index (χ2n) is 7.39. The number of thiophene rings is 1. The van der Waals surface area contributed by atoms with E-state index in [1.54, 1.807) is 17.5 Å². The van der Waals surface area contributed by atoms with Gasteiger partial charge in [-0.05, 0) is 62.3 Å². The second kappa shape index (κ2) is 8.21. The number of likely N-dealkylation sites (tertiary alicyclic amines) is 1. The zero-order chi connectivity index (χ0) is 18.6. The van der Waals surface area contributed by atoms with E-state index in [-0.39, 0.29) is 17.7 Å². The largest absolute Gasteiger partial charge is 0.350 e. The Bertz CT molecular complexity index is 812. The van der Waals surface area contributed by atoms with Crippen molar-refractivity contribution in [3.05, 3.63) is 51.5 Å². The first-order valence-corrected chi connectivity index (χ1v) is 10.6. The van der Waals surface area contributed by atoms with Crippen molar-refractivity contribution >= 4 is 23.2 Å². The van der Waals surface area contributed by atoms with Gasteiger partial charge in [-0.1, -0.05) is 6.07 Å².